The largest absolute Gasteiger partial charge is 0.491 e. The van der Waals surface area contributed by atoms with Crippen LogP contribution < -0.4 is 27.7 Å². The molecule has 0 aliphatic carbocycles. The number of carbonyl (C=O) groups excluding carboxylic acids is 3. The summed E-state index contributed by atoms with van der Waals surface area (Å²) >= 11 is 0. The third-order valence-corrected chi connectivity index (χ3v) is 6.06. The van der Waals surface area contributed by atoms with Gasteiger partial charge in [0.05, 0.1) is 30.0 Å². The molecule has 11 nitrogen and oxygen atoms in total. The fourth-order valence-corrected chi connectivity index (χ4v) is 3.71. The number of hydrogen-bond donors (Lipinski definition) is 4. The summed E-state index contributed by atoms with van der Waals surface area (Å²) in [5, 5.41) is 0. The highest BCUT2D eigenvalue weighted by molar-refractivity contribution is 5.92. The van der Waals surface area contributed by atoms with E-state index in [1.807, 2.05) is 12.1 Å². The fourth-order valence-electron chi connectivity index (χ4n) is 3.71. The molecule has 0 amide bonds. The maximum atomic E-state index is 11.9. The molecular weight excluding hydrogens is 576 g/mol. The standard InChI is InChI=1S/C21H26N2O3.C13H16N2O4/c1-2-16-7-9-17(10-8-16)21(24)26-14-6-4-3-5-13-25-20-12-11-18(22)15-19(20)23;1-8(2)12(16)18-3-4-19-13(17)9-5-10(14)7-11(15)6-9/h2,7-12,15H,1,3-6,13-14,22-23H2;5-7H,1,3-4,14-15H2,2H3. The third-order valence-electron chi connectivity index (χ3n) is 6.06. The van der Waals surface area contributed by atoms with Gasteiger partial charge in [-0.05, 0) is 86.7 Å². The molecule has 0 aliphatic rings. The van der Waals surface area contributed by atoms with E-state index in [1.165, 1.54) is 25.1 Å². The molecule has 0 spiro atoms. The predicted octanol–water partition coefficient (Wildman–Crippen LogP) is 5.42. The zero-order valence-electron chi connectivity index (χ0n) is 25.6. The summed E-state index contributed by atoms with van der Waals surface area (Å²) in [6.45, 7) is 9.59. The summed E-state index contributed by atoms with van der Waals surface area (Å²) in [6, 6.07) is 16.9. The van der Waals surface area contributed by atoms with Crippen molar-refractivity contribution in [2.45, 2.75) is 32.6 Å². The summed E-state index contributed by atoms with van der Waals surface area (Å²) in [6.07, 6.45) is 5.46. The lowest BCUT2D eigenvalue weighted by molar-refractivity contribution is -0.140. The molecule has 45 heavy (non-hydrogen) atoms. The number of carbonyl (C=O) groups is 3. The monoisotopic (exact) mass is 618 g/mol. The van der Waals surface area contributed by atoms with Crippen molar-refractivity contribution >= 4 is 46.7 Å². The van der Waals surface area contributed by atoms with Gasteiger partial charge >= 0.3 is 17.9 Å². The predicted molar refractivity (Wildman–Crippen MR) is 177 cm³/mol. The Bertz CT molecular complexity index is 1440. The van der Waals surface area contributed by atoms with Gasteiger partial charge in [0.15, 0.2) is 0 Å². The minimum atomic E-state index is -0.578. The van der Waals surface area contributed by atoms with E-state index in [-0.39, 0.29) is 30.3 Å². The Hall–Kier alpha value is -5.45. The van der Waals surface area contributed by atoms with Crippen molar-refractivity contribution in [2.75, 3.05) is 49.4 Å². The van der Waals surface area contributed by atoms with Crippen LogP contribution in [-0.2, 0) is 19.0 Å². The second kappa shape index (κ2) is 19.0. The maximum Gasteiger partial charge on any atom is 0.338 e. The number of nitrogen functional groups attached to an aromatic ring is 4. The van der Waals surface area contributed by atoms with Crippen molar-refractivity contribution in [2.24, 2.45) is 0 Å². The Labute approximate surface area is 263 Å². The van der Waals surface area contributed by atoms with Crippen molar-refractivity contribution in [3.63, 3.8) is 0 Å². The van der Waals surface area contributed by atoms with Crippen molar-refractivity contribution in [3.05, 3.63) is 96.1 Å². The molecule has 0 bridgehead atoms. The van der Waals surface area contributed by atoms with Gasteiger partial charge in [0.1, 0.15) is 19.0 Å². The summed E-state index contributed by atoms with van der Waals surface area (Å²) in [5.74, 6) is -0.729. The van der Waals surface area contributed by atoms with Crippen LogP contribution in [0.15, 0.2) is 79.4 Å². The summed E-state index contributed by atoms with van der Waals surface area (Å²) in [7, 11) is 0. The number of esters is 3. The molecule has 0 aliphatic heterocycles. The Morgan fingerprint density at radius 3 is 1.84 bits per heavy atom. The van der Waals surface area contributed by atoms with E-state index in [2.05, 4.69) is 13.2 Å². The molecule has 240 valence electrons. The first-order valence-corrected chi connectivity index (χ1v) is 14.3. The van der Waals surface area contributed by atoms with E-state index in [0.29, 0.717) is 47.3 Å². The molecule has 0 unspecified atom stereocenters. The van der Waals surface area contributed by atoms with Crippen LogP contribution in [0.1, 0.15) is 58.9 Å². The summed E-state index contributed by atoms with van der Waals surface area (Å²) in [4.78, 5) is 34.6. The van der Waals surface area contributed by atoms with Gasteiger partial charge < -0.3 is 41.9 Å². The van der Waals surface area contributed by atoms with E-state index < -0.39 is 11.9 Å². The first kappa shape index (κ1) is 35.7. The smallest absolute Gasteiger partial charge is 0.338 e. The molecule has 0 radical (unpaired) electrons. The van der Waals surface area contributed by atoms with Crippen LogP contribution in [-0.4, -0.2) is 44.3 Å². The Morgan fingerprint density at radius 2 is 1.24 bits per heavy atom. The third kappa shape index (κ3) is 13.6. The molecule has 0 saturated heterocycles. The lowest BCUT2D eigenvalue weighted by Crippen LogP contribution is -2.14. The Morgan fingerprint density at radius 1 is 0.667 bits per heavy atom. The number of hydrogen-bond acceptors (Lipinski definition) is 11. The first-order chi connectivity index (χ1) is 21.5. The van der Waals surface area contributed by atoms with Gasteiger partial charge in [0.2, 0.25) is 0 Å². The zero-order chi connectivity index (χ0) is 33.2. The highest BCUT2D eigenvalue weighted by Gasteiger charge is 2.10. The van der Waals surface area contributed by atoms with Crippen LogP contribution in [0.25, 0.3) is 6.08 Å². The summed E-state index contributed by atoms with van der Waals surface area (Å²) < 4.78 is 20.6. The molecule has 11 heteroatoms. The molecule has 3 rings (SSSR count). The normalized spacial score (nSPS) is 10.1. The molecule has 0 fully saturated rings. The minimum Gasteiger partial charge on any atom is -0.491 e. The van der Waals surface area contributed by atoms with Crippen molar-refractivity contribution in [1.82, 2.24) is 0 Å². The average molecular weight is 619 g/mol. The molecule has 0 atom stereocenters. The highest BCUT2D eigenvalue weighted by Crippen LogP contribution is 2.23. The molecule has 8 N–H and O–H groups in total. The van der Waals surface area contributed by atoms with Crippen LogP contribution in [0.5, 0.6) is 5.75 Å². The fraction of sp³-hybridized carbons (Fsp3) is 0.265. The zero-order valence-corrected chi connectivity index (χ0v) is 25.6. The molecular formula is C34H42N4O7. The Balaban J connectivity index is 0.000000330. The van der Waals surface area contributed by atoms with Crippen LogP contribution in [0, 0.1) is 0 Å². The van der Waals surface area contributed by atoms with Crippen molar-refractivity contribution < 1.29 is 33.3 Å². The molecule has 0 saturated carbocycles. The SMILES string of the molecule is C=C(C)C(=O)OCCOC(=O)c1cc(N)cc(N)c1.C=Cc1ccc(C(=O)OCCCCCCOc2ccc(N)cc2N)cc1. The molecule has 3 aromatic rings. The first-order valence-electron chi connectivity index (χ1n) is 14.3. The van der Waals surface area contributed by atoms with E-state index in [1.54, 1.807) is 36.4 Å². The van der Waals surface area contributed by atoms with Crippen LogP contribution >= 0.6 is 0 Å². The second-order valence-corrected chi connectivity index (χ2v) is 9.96. The van der Waals surface area contributed by atoms with Gasteiger partial charge in [-0.2, -0.15) is 0 Å². The quantitative estimate of drug-likeness (QED) is 0.0559. The molecule has 0 heterocycles. The van der Waals surface area contributed by atoms with Crippen molar-refractivity contribution in [3.8, 4) is 5.75 Å². The average Bonchev–Trinajstić information content (AvgIpc) is 3.01. The lowest BCUT2D eigenvalue weighted by atomic mass is 10.1. The van der Waals surface area contributed by atoms with Gasteiger partial charge in [-0.25, -0.2) is 14.4 Å². The number of benzene rings is 3. The molecule has 3 aromatic carbocycles. The molecule has 0 aromatic heterocycles. The highest BCUT2D eigenvalue weighted by atomic mass is 16.6. The van der Waals surface area contributed by atoms with E-state index in [0.717, 1.165) is 31.2 Å². The number of ether oxygens (including phenoxy) is 4. The van der Waals surface area contributed by atoms with Crippen molar-refractivity contribution in [1.29, 1.82) is 0 Å². The van der Waals surface area contributed by atoms with Crippen LogP contribution in [0.4, 0.5) is 22.7 Å². The lowest BCUT2D eigenvalue weighted by Gasteiger charge is -2.09. The second-order valence-electron chi connectivity index (χ2n) is 9.96. The Kier molecular flexibility index (Phi) is 15.1. The minimum absolute atomic E-state index is 0.0325. The maximum absolute atomic E-state index is 11.9. The number of rotatable bonds is 15. The number of unbranched alkanes of at least 4 members (excludes halogenated alkanes) is 3. The number of anilines is 4. The van der Waals surface area contributed by atoms with Gasteiger partial charge in [0, 0.05) is 22.6 Å². The van der Waals surface area contributed by atoms with Crippen LogP contribution in [0.2, 0.25) is 0 Å². The topological polar surface area (TPSA) is 192 Å². The number of nitrogens with two attached hydrogens (primary N) is 4. The van der Waals surface area contributed by atoms with E-state index in [9.17, 15) is 14.4 Å². The van der Waals surface area contributed by atoms with Gasteiger partial charge in [-0.15, -0.1) is 0 Å². The van der Waals surface area contributed by atoms with Gasteiger partial charge in [0.25, 0.3) is 0 Å². The van der Waals surface area contributed by atoms with E-state index >= 15 is 0 Å². The summed E-state index contributed by atoms with van der Waals surface area (Å²) in [5.41, 5.74) is 26.6. The van der Waals surface area contributed by atoms with Crippen LogP contribution in [0.3, 0.4) is 0 Å². The van der Waals surface area contributed by atoms with Gasteiger partial charge in [-0.3, -0.25) is 0 Å². The van der Waals surface area contributed by atoms with E-state index in [4.69, 9.17) is 41.9 Å². The van der Waals surface area contributed by atoms with Gasteiger partial charge in [-0.1, -0.05) is 31.4 Å².